The van der Waals surface area contributed by atoms with Crippen molar-refractivity contribution in [1.82, 2.24) is 9.47 Å². The fourth-order valence-corrected chi connectivity index (χ4v) is 4.68. The zero-order valence-corrected chi connectivity index (χ0v) is 19.2. The third-order valence-corrected chi connectivity index (χ3v) is 6.18. The van der Waals surface area contributed by atoms with Crippen LogP contribution in [-0.4, -0.2) is 59.8 Å². The molecule has 3 rings (SSSR count). The lowest BCUT2D eigenvalue weighted by Crippen LogP contribution is -2.48. The van der Waals surface area contributed by atoms with Gasteiger partial charge in [0.15, 0.2) is 0 Å². The van der Waals surface area contributed by atoms with Crippen molar-refractivity contribution < 1.29 is 19.1 Å². The summed E-state index contributed by atoms with van der Waals surface area (Å²) in [6, 6.07) is 4.04. The van der Waals surface area contributed by atoms with Gasteiger partial charge in [-0.25, -0.2) is 4.79 Å². The first-order valence-electron chi connectivity index (χ1n) is 10.4. The molecule has 1 saturated heterocycles. The van der Waals surface area contributed by atoms with Crippen molar-refractivity contribution in [2.75, 3.05) is 31.6 Å². The zero-order chi connectivity index (χ0) is 21.8. The Balaban J connectivity index is 1.87. The van der Waals surface area contributed by atoms with E-state index in [4.69, 9.17) is 9.47 Å². The first kappa shape index (κ1) is 22.5. The fraction of sp³-hybridized carbons (Fsp3) is 0.545. The molecule has 1 amide bonds. The molecule has 1 aliphatic heterocycles. The molecule has 7 nitrogen and oxygen atoms in total. The SMILES string of the molecule is CCOC(=O)c1c(C)c(C)n(Cc2cccs2)c1NC(=O)CN1C[C@@H](C)O[C@H](C)C1. The minimum atomic E-state index is -0.410. The maximum absolute atomic E-state index is 12.9. The number of amides is 1. The smallest absolute Gasteiger partial charge is 0.342 e. The van der Waals surface area contributed by atoms with Gasteiger partial charge in [-0.2, -0.15) is 0 Å². The van der Waals surface area contributed by atoms with Crippen molar-refractivity contribution in [2.24, 2.45) is 0 Å². The largest absolute Gasteiger partial charge is 0.462 e. The van der Waals surface area contributed by atoms with Gasteiger partial charge in [-0.15, -0.1) is 11.3 Å². The number of esters is 1. The first-order valence-corrected chi connectivity index (χ1v) is 11.2. The molecular weight excluding hydrogens is 402 g/mol. The Bertz CT molecular complexity index is 881. The summed E-state index contributed by atoms with van der Waals surface area (Å²) >= 11 is 1.64. The van der Waals surface area contributed by atoms with Gasteiger partial charge in [-0.1, -0.05) is 6.07 Å². The van der Waals surface area contributed by atoms with Crippen LogP contribution in [0.2, 0.25) is 0 Å². The first-order chi connectivity index (χ1) is 14.3. The van der Waals surface area contributed by atoms with E-state index >= 15 is 0 Å². The van der Waals surface area contributed by atoms with Gasteiger partial charge >= 0.3 is 5.97 Å². The number of morpholine rings is 1. The normalized spacial score (nSPS) is 19.6. The number of anilines is 1. The van der Waals surface area contributed by atoms with Gasteiger partial charge in [-0.3, -0.25) is 9.69 Å². The highest BCUT2D eigenvalue weighted by molar-refractivity contribution is 7.09. The monoisotopic (exact) mass is 433 g/mol. The highest BCUT2D eigenvalue weighted by Gasteiger charge is 2.28. The lowest BCUT2D eigenvalue weighted by Gasteiger charge is -2.34. The standard InChI is InChI=1S/C22H31N3O4S/c1-6-28-22(27)20-16(4)17(5)25(12-18-8-7-9-30-18)21(20)23-19(26)13-24-10-14(2)29-15(3)11-24/h7-9,14-15H,6,10-13H2,1-5H3,(H,23,26)/t14-,15-/m1/s1. The Morgan fingerprint density at radius 1 is 1.27 bits per heavy atom. The molecule has 1 aliphatic rings. The number of aromatic nitrogens is 1. The highest BCUT2D eigenvalue weighted by atomic mass is 32.1. The van der Waals surface area contributed by atoms with Gasteiger partial charge in [0.2, 0.25) is 5.91 Å². The average Bonchev–Trinajstić information content (AvgIpc) is 3.24. The van der Waals surface area contributed by atoms with E-state index in [9.17, 15) is 9.59 Å². The minimum absolute atomic E-state index is 0.0869. The van der Waals surface area contributed by atoms with Crippen LogP contribution >= 0.6 is 11.3 Å². The van der Waals surface area contributed by atoms with Crippen LogP contribution in [0.5, 0.6) is 0 Å². The van der Waals surface area contributed by atoms with Crippen LogP contribution in [0.4, 0.5) is 5.82 Å². The van der Waals surface area contributed by atoms with Gasteiger partial charge in [0.05, 0.1) is 31.9 Å². The number of hydrogen-bond acceptors (Lipinski definition) is 6. The zero-order valence-electron chi connectivity index (χ0n) is 18.4. The molecule has 3 heterocycles. The van der Waals surface area contributed by atoms with E-state index in [1.807, 2.05) is 49.8 Å². The molecule has 0 bridgehead atoms. The minimum Gasteiger partial charge on any atom is -0.462 e. The predicted molar refractivity (Wildman–Crippen MR) is 118 cm³/mol. The second-order valence-corrected chi connectivity index (χ2v) is 8.85. The Labute approximate surface area is 182 Å². The molecule has 0 unspecified atom stereocenters. The Morgan fingerprint density at radius 3 is 2.57 bits per heavy atom. The molecule has 0 radical (unpaired) electrons. The molecule has 0 aliphatic carbocycles. The number of nitrogens with zero attached hydrogens (tertiary/aromatic N) is 2. The lowest BCUT2D eigenvalue weighted by atomic mass is 10.1. The summed E-state index contributed by atoms with van der Waals surface area (Å²) in [5.41, 5.74) is 2.20. The molecule has 8 heteroatoms. The Hall–Kier alpha value is -2.16. The van der Waals surface area contributed by atoms with E-state index in [0.717, 1.165) is 16.1 Å². The number of thiophene rings is 1. The van der Waals surface area contributed by atoms with E-state index in [1.165, 1.54) is 0 Å². The summed E-state index contributed by atoms with van der Waals surface area (Å²) < 4.78 is 13.0. The second-order valence-electron chi connectivity index (χ2n) is 7.82. The summed E-state index contributed by atoms with van der Waals surface area (Å²) in [4.78, 5) is 28.9. The molecule has 1 N–H and O–H groups in total. The molecule has 164 valence electrons. The van der Waals surface area contributed by atoms with Crippen molar-refractivity contribution in [3.63, 3.8) is 0 Å². The van der Waals surface area contributed by atoms with Gasteiger partial charge in [-0.05, 0) is 51.6 Å². The third kappa shape index (κ3) is 5.11. The number of carbonyl (C=O) groups is 2. The third-order valence-electron chi connectivity index (χ3n) is 5.32. The van der Waals surface area contributed by atoms with Crippen molar-refractivity contribution >= 4 is 29.0 Å². The van der Waals surface area contributed by atoms with Crippen molar-refractivity contribution in [2.45, 2.75) is 53.4 Å². The average molecular weight is 434 g/mol. The highest BCUT2D eigenvalue weighted by Crippen LogP contribution is 2.29. The van der Waals surface area contributed by atoms with Crippen molar-refractivity contribution in [3.05, 3.63) is 39.2 Å². The number of ether oxygens (including phenoxy) is 2. The summed E-state index contributed by atoms with van der Waals surface area (Å²) in [7, 11) is 0. The molecule has 0 aromatic carbocycles. The molecule has 30 heavy (non-hydrogen) atoms. The lowest BCUT2D eigenvalue weighted by molar-refractivity contribution is -0.121. The molecular formula is C22H31N3O4S. The Kier molecular flexibility index (Phi) is 7.33. The number of rotatable bonds is 7. The van der Waals surface area contributed by atoms with Gasteiger partial charge in [0.1, 0.15) is 11.4 Å². The van der Waals surface area contributed by atoms with Gasteiger partial charge in [0, 0.05) is 23.7 Å². The summed E-state index contributed by atoms with van der Waals surface area (Å²) in [5, 5.41) is 5.04. The molecule has 0 spiro atoms. The van der Waals surface area contributed by atoms with Crippen LogP contribution in [0.1, 0.15) is 47.3 Å². The number of carbonyl (C=O) groups excluding carboxylic acids is 2. The quantitative estimate of drug-likeness (QED) is 0.677. The fourth-order valence-electron chi connectivity index (χ4n) is 3.99. The maximum Gasteiger partial charge on any atom is 0.342 e. The predicted octanol–water partition coefficient (Wildman–Crippen LogP) is 3.44. The van der Waals surface area contributed by atoms with E-state index in [2.05, 4.69) is 10.2 Å². The second kappa shape index (κ2) is 9.76. The van der Waals surface area contributed by atoms with Crippen molar-refractivity contribution in [3.8, 4) is 0 Å². The van der Waals surface area contributed by atoms with E-state index in [-0.39, 0.29) is 31.3 Å². The summed E-state index contributed by atoms with van der Waals surface area (Å²) in [5.74, 6) is -0.0464. The topological polar surface area (TPSA) is 72.8 Å². The number of nitrogens with one attached hydrogen (secondary N) is 1. The van der Waals surface area contributed by atoms with Crippen LogP contribution in [0, 0.1) is 13.8 Å². The molecule has 1 fully saturated rings. The van der Waals surface area contributed by atoms with Crippen LogP contribution in [-0.2, 0) is 20.8 Å². The van der Waals surface area contributed by atoms with Crippen LogP contribution in [0.15, 0.2) is 17.5 Å². The van der Waals surface area contributed by atoms with Crippen LogP contribution in [0.25, 0.3) is 0 Å². The van der Waals surface area contributed by atoms with E-state index in [1.54, 1.807) is 18.3 Å². The van der Waals surface area contributed by atoms with Crippen LogP contribution < -0.4 is 5.32 Å². The van der Waals surface area contributed by atoms with Gasteiger partial charge < -0.3 is 19.4 Å². The summed E-state index contributed by atoms with van der Waals surface area (Å²) in [6.45, 7) is 12.2. The molecule has 0 saturated carbocycles. The van der Waals surface area contributed by atoms with E-state index < -0.39 is 5.97 Å². The maximum atomic E-state index is 12.9. The number of hydrogen-bond donors (Lipinski definition) is 1. The van der Waals surface area contributed by atoms with Crippen LogP contribution in [0.3, 0.4) is 0 Å². The Morgan fingerprint density at radius 2 is 1.97 bits per heavy atom. The molecule has 2 aromatic heterocycles. The van der Waals surface area contributed by atoms with Crippen molar-refractivity contribution in [1.29, 1.82) is 0 Å². The van der Waals surface area contributed by atoms with Gasteiger partial charge in [0.25, 0.3) is 0 Å². The molecule has 2 aromatic rings. The molecule has 2 atom stereocenters. The van der Waals surface area contributed by atoms with E-state index in [0.29, 0.717) is 31.0 Å². The summed E-state index contributed by atoms with van der Waals surface area (Å²) in [6.07, 6.45) is 0.174.